The third kappa shape index (κ3) is 2.87. The summed E-state index contributed by atoms with van der Waals surface area (Å²) in [4.78, 5) is 0. The van der Waals surface area contributed by atoms with E-state index in [2.05, 4.69) is 0 Å². The van der Waals surface area contributed by atoms with Gasteiger partial charge >= 0.3 is 0 Å². The fraction of sp³-hybridized carbons (Fsp3) is 1.00. The van der Waals surface area contributed by atoms with Crippen molar-refractivity contribution in [1.29, 1.82) is 0 Å². The molecular weight excluding hydrogens is 204 g/mol. The van der Waals surface area contributed by atoms with E-state index in [-0.39, 0.29) is 6.10 Å². The molecule has 5 atom stereocenters. The van der Waals surface area contributed by atoms with Crippen LogP contribution in [0, 0.1) is 0 Å². The number of aliphatic hydroxyl groups is 4. The van der Waals surface area contributed by atoms with Crippen LogP contribution in [0.15, 0.2) is 0 Å². The third-order valence-electron chi connectivity index (χ3n) is 2.27. The lowest BCUT2D eigenvalue weighted by Gasteiger charge is -2.40. The van der Waals surface area contributed by atoms with Gasteiger partial charge in [-0.05, 0) is 13.8 Å². The number of aliphatic hydroxyl groups excluding tert-OH is 4. The molecule has 0 aromatic rings. The van der Waals surface area contributed by atoms with Crippen molar-refractivity contribution >= 4 is 0 Å². The van der Waals surface area contributed by atoms with Crippen LogP contribution >= 0.6 is 0 Å². The van der Waals surface area contributed by atoms with Crippen molar-refractivity contribution in [1.82, 2.24) is 0 Å². The van der Waals surface area contributed by atoms with Crippen molar-refractivity contribution in [3.8, 4) is 0 Å². The van der Waals surface area contributed by atoms with Gasteiger partial charge in [0.2, 0.25) is 0 Å². The van der Waals surface area contributed by atoms with Gasteiger partial charge in [0.15, 0.2) is 6.29 Å². The number of hydrogen-bond donors (Lipinski definition) is 4. The quantitative estimate of drug-likeness (QED) is 0.450. The molecule has 4 N–H and O–H groups in total. The zero-order valence-electron chi connectivity index (χ0n) is 8.78. The first kappa shape index (κ1) is 12.8. The van der Waals surface area contributed by atoms with E-state index in [0.29, 0.717) is 0 Å². The van der Waals surface area contributed by atoms with Gasteiger partial charge in [-0.1, -0.05) is 0 Å². The second-order valence-electron chi connectivity index (χ2n) is 3.88. The maximum absolute atomic E-state index is 9.63. The molecule has 0 radical (unpaired) electrons. The molecule has 90 valence electrons. The van der Waals surface area contributed by atoms with E-state index in [4.69, 9.17) is 14.6 Å². The summed E-state index contributed by atoms with van der Waals surface area (Å²) in [6.45, 7) is 3.13. The van der Waals surface area contributed by atoms with E-state index in [0.717, 1.165) is 0 Å². The van der Waals surface area contributed by atoms with Crippen LogP contribution in [0.25, 0.3) is 0 Å². The first-order valence-corrected chi connectivity index (χ1v) is 4.93. The molecule has 0 saturated carbocycles. The molecule has 0 unspecified atom stereocenters. The van der Waals surface area contributed by atoms with Crippen molar-refractivity contribution < 1.29 is 29.9 Å². The van der Waals surface area contributed by atoms with Gasteiger partial charge in [-0.25, -0.2) is 0 Å². The summed E-state index contributed by atoms with van der Waals surface area (Å²) in [7, 11) is 0. The van der Waals surface area contributed by atoms with E-state index in [1.54, 1.807) is 13.8 Å². The average molecular weight is 222 g/mol. The lowest BCUT2D eigenvalue weighted by molar-refractivity contribution is -0.298. The molecule has 0 aromatic heterocycles. The van der Waals surface area contributed by atoms with Gasteiger partial charge in [-0.15, -0.1) is 0 Å². The Labute approximate surface area is 88.1 Å². The molecule has 6 heteroatoms. The minimum atomic E-state index is -1.50. The summed E-state index contributed by atoms with van der Waals surface area (Å²) in [6, 6.07) is 0. The number of rotatable bonds is 3. The Morgan fingerprint density at radius 3 is 2.27 bits per heavy atom. The molecule has 1 aliphatic heterocycles. The SMILES string of the molecule is CC(C)O[C@@H]1[C@@H](O)[C@H](O)[C@@H](O)O[C@H]1CO. The van der Waals surface area contributed by atoms with Crippen LogP contribution in [-0.2, 0) is 9.47 Å². The molecule has 0 aromatic carbocycles. The summed E-state index contributed by atoms with van der Waals surface area (Å²) in [5.41, 5.74) is 0. The minimum Gasteiger partial charge on any atom is -0.394 e. The van der Waals surface area contributed by atoms with Gasteiger partial charge in [-0.3, -0.25) is 0 Å². The summed E-state index contributed by atoms with van der Waals surface area (Å²) < 4.78 is 10.2. The first-order chi connectivity index (χ1) is 6.97. The fourth-order valence-corrected chi connectivity index (χ4v) is 1.55. The molecule has 1 saturated heterocycles. The molecule has 15 heavy (non-hydrogen) atoms. The molecule has 0 aliphatic carbocycles. The normalized spacial score (nSPS) is 42.2. The van der Waals surface area contributed by atoms with Gasteiger partial charge in [0.25, 0.3) is 0 Å². The van der Waals surface area contributed by atoms with Crippen molar-refractivity contribution in [3.05, 3.63) is 0 Å². The van der Waals surface area contributed by atoms with Gasteiger partial charge in [0, 0.05) is 0 Å². The van der Waals surface area contributed by atoms with Crippen LogP contribution in [0.2, 0.25) is 0 Å². The van der Waals surface area contributed by atoms with Crippen molar-refractivity contribution in [2.24, 2.45) is 0 Å². The van der Waals surface area contributed by atoms with E-state index in [9.17, 15) is 15.3 Å². The van der Waals surface area contributed by atoms with Crippen LogP contribution in [0.4, 0.5) is 0 Å². The first-order valence-electron chi connectivity index (χ1n) is 4.93. The molecule has 1 heterocycles. The highest BCUT2D eigenvalue weighted by Crippen LogP contribution is 2.23. The van der Waals surface area contributed by atoms with Crippen LogP contribution in [0.5, 0.6) is 0 Å². The lowest BCUT2D eigenvalue weighted by Crippen LogP contribution is -2.59. The standard InChI is InChI=1S/C9H18O6/c1-4(2)14-8-5(3-10)15-9(13)7(12)6(8)11/h4-13H,3H2,1-2H3/t5-,6-,7-,8-,9-/m0/s1. The van der Waals surface area contributed by atoms with Crippen molar-refractivity contribution in [3.63, 3.8) is 0 Å². The topological polar surface area (TPSA) is 99.4 Å². The maximum atomic E-state index is 9.63. The Hall–Kier alpha value is -0.240. The molecule has 1 fully saturated rings. The van der Waals surface area contributed by atoms with Crippen LogP contribution in [-0.4, -0.2) is 63.8 Å². The van der Waals surface area contributed by atoms with E-state index in [1.807, 2.05) is 0 Å². The summed E-state index contributed by atoms with van der Waals surface area (Å²) in [6.07, 6.45) is -6.03. The molecule has 0 spiro atoms. The lowest BCUT2D eigenvalue weighted by atomic mass is 9.99. The predicted molar refractivity (Wildman–Crippen MR) is 50.0 cm³/mol. The van der Waals surface area contributed by atoms with Crippen molar-refractivity contribution in [2.45, 2.75) is 50.7 Å². The third-order valence-corrected chi connectivity index (χ3v) is 2.27. The minimum absolute atomic E-state index is 0.176. The Kier molecular flexibility index (Phi) is 4.45. The zero-order valence-corrected chi connectivity index (χ0v) is 8.78. The van der Waals surface area contributed by atoms with E-state index >= 15 is 0 Å². The molecule has 1 rings (SSSR count). The van der Waals surface area contributed by atoms with Crippen LogP contribution in [0.3, 0.4) is 0 Å². The highest BCUT2D eigenvalue weighted by Gasteiger charge is 2.44. The summed E-state index contributed by atoms with van der Waals surface area (Å²) in [5, 5.41) is 37.2. The second-order valence-corrected chi connectivity index (χ2v) is 3.88. The second kappa shape index (κ2) is 5.20. The maximum Gasteiger partial charge on any atom is 0.184 e. The average Bonchev–Trinajstić information content (AvgIpc) is 2.18. The molecular formula is C9H18O6. The molecule has 1 aliphatic rings. The highest BCUT2D eigenvalue weighted by atomic mass is 16.7. The van der Waals surface area contributed by atoms with E-state index < -0.39 is 37.3 Å². The molecule has 6 nitrogen and oxygen atoms in total. The zero-order chi connectivity index (χ0) is 11.6. The number of ether oxygens (including phenoxy) is 2. The Morgan fingerprint density at radius 1 is 1.20 bits per heavy atom. The monoisotopic (exact) mass is 222 g/mol. The summed E-state index contributed by atoms with van der Waals surface area (Å²) >= 11 is 0. The largest absolute Gasteiger partial charge is 0.394 e. The van der Waals surface area contributed by atoms with Crippen LogP contribution < -0.4 is 0 Å². The van der Waals surface area contributed by atoms with Gasteiger partial charge in [0.05, 0.1) is 12.7 Å². The van der Waals surface area contributed by atoms with E-state index in [1.165, 1.54) is 0 Å². The fourth-order valence-electron chi connectivity index (χ4n) is 1.55. The number of hydrogen-bond acceptors (Lipinski definition) is 6. The van der Waals surface area contributed by atoms with Gasteiger partial charge in [-0.2, -0.15) is 0 Å². The Bertz CT molecular complexity index is 195. The Morgan fingerprint density at radius 2 is 1.80 bits per heavy atom. The predicted octanol–water partition coefficient (Wildman–Crippen LogP) is -1.79. The highest BCUT2D eigenvalue weighted by molar-refractivity contribution is 4.89. The van der Waals surface area contributed by atoms with Gasteiger partial charge < -0.3 is 29.9 Å². The summed E-state index contributed by atoms with van der Waals surface area (Å²) in [5.74, 6) is 0. The molecule has 0 bridgehead atoms. The van der Waals surface area contributed by atoms with Crippen molar-refractivity contribution in [2.75, 3.05) is 6.61 Å². The molecule has 0 amide bonds. The van der Waals surface area contributed by atoms with Gasteiger partial charge in [0.1, 0.15) is 24.4 Å². The van der Waals surface area contributed by atoms with Crippen LogP contribution in [0.1, 0.15) is 13.8 Å². The Balaban J connectivity index is 2.70. The smallest absolute Gasteiger partial charge is 0.184 e.